The average Bonchev–Trinajstić information content (AvgIpc) is 2.29. The molecule has 0 bridgehead atoms. The van der Waals surface area contributed by atoms with Crippen molar-refractivity contribution >= 4 is 11.7 Å². The standard InChI is InChI=1S/C11H14N4O/c1-9(16)13-7-3-2-4-10-5-6-11(15-12)14-8-10/h5-6,8H,3,7,12H2,1H3,(H,13,16)(H,14,15). The molecule has 1 aromatic rings. The fourth-order valence-corrected chi connectivity index (χ4v) is 1.02. The Balaban J connectivity index is 2.41. The largest absolute Gasteiger partial charge is 0.355 e. The second-order valence-corrected chi connectivity index (χ2v) is 3.11. The summed E-state index contributed by atoms with van der Waals surface area (Å²) in [6, 6.07) is 3.57. The number of nitrogens with one attached hydrogen (secondary N) is 2. The Morgan fingerprint density at radius 1 is 1.56 bits per heavy atom. The van der Waals surface area contributed by atoms with Gasteiger partial charge in [-0.05, 0) is 12.1 Å². The van der Waals surface area contributed by atoms with E-state index in [0.29, 0.717) is 18.8 Å². The van der Waals surface area contributed by atoms with Gasteiger partial charge in [0.2, 0.25) is 5.91 Å². The van der Waals surface area contributed by atoms with Crippen molar-refractivity contribution < 1.29 is 4.79 Å². The van der Waals surface area contributed by atoms with Crippen molar-refractivity contribution in [2.24, 2.45) is 5.84 Å². The van der Waals surface area contributed by atoms with Crippen molar-refractivity contribution in [1.29, 1.82) is 0 Å². The summed E-state index contributed by atoms with van der Waals surface area (Å²) in [6.07, 6.45) is 2.26. The Morgan fingerprint density at radius 3 is 2.94 bits per heavy atom. The molecule has 0 atom stereocenters. The number of carbonyl (C=O) groups is 1. The lowest BCUT2D eigenvalue weighted by molar-refractivity contribution is -0.118. The van der Waals surface area contributed by atoms with Crippen molar-refractivity contribution in [1.82, 2.24) is 10.3 Å². The van der Waals surface area contributed by atoms with Gasteiger partial charge in [-0.3, -0.25) is 4.79 Å². The fraction of sp³-hybridized carbons (Fsp3) is 0.273. The lowest BCUT2D eigenvalue weighted by Gasteiger charge is -1.97. The third-order valence-corrected chi connectivity index (χ3v) is 1.77. The third-order valence-electron chi connectivity index (χ3n) is 1.77. The van der Waals surface area contributed by atoms with Gasteiger partial charge in [-0.15, -0.1) is 0 Å². The van der Waals surface area contributed by atoms with Gasteiger partial charge in [0.25, 0.3) is 0 Å². The van der Waals surface area contributed by atoms with E-state index < -0.39 is 0 Å². The highest BCUT2D eigenvalue weighted by Crippen LogP contribution is 2.01. The summed E-state index contributed by atoms with van der Waals surface area (Å²) in [5.74, 6) is 11.6. The summed E-state index contributed by atoms with van der Waals surface area (Å²) in [7, 11) is 0. The molecule has 0 saturated heterocycles. The summed E-state index contributed by atoms with van der Waals surface area (Å²) >= 11 is 0. The number of amides is 1. The molecule has 0 spiro atoms. The first-order chi connectivity index (χ1) is 7.72. The Labute approximate surface area is 94.4 Å². The minimum atomic E-state index is -0.0400. The van der Waals surface area contributed by atoms with E-state index in [0.717, 1.165) is 5.56 Å². The van der Waals surface area contributed by atoms with Crippen molar-refractivity contribution in [3.63, 3.8) is 0 Å². The van der Waals surface area contributed by atoms with Crippen LogP contribution >= 0.6 is 0 Å². The molecule has 0 aliphatic heterocycles. The van der Waals surface area contributed by atoms with Crippen molar-refractivity contribution in [2.45, 2.75) is 13.3 Å². The van der Waals surface area contributed by atoms with E-state index in [4.69, 9.17) is 5.84 Å². The first-order valence-electron chi connectivity index (χ1n) is 4.88. The van der Waals surface area contributed by atoms with E-state index in [-0.39, 0.29) is 5.91 Å². The van der Waals surface area contributed by atoms with Gasteiger partial charge < -0.3 is 10.7 Å². The summed E-state index contributed by atoms with van der Waals surface area (Å²) in [5.41, 5.74) is 3.26. The normalized spacial score (nSPS) is 8.88. The van der Waals surface area contributed by atoms with Gasteiger partial charge in [0, 0.05) is 31.6 Å². The zero-order chi connectivity index (χ0) is 11.8. The van der Waals surface area contributed by atoms with Crippen LogP contribution in [-0.2, 0) is 4.79 Å². The minimum Gasteiger partial charge on any atom is -0.355 e. The molecule has 5 heteroatoms. The van der Waals surface area contributed by atoms with Crippen LogP contribution < -0.4 is 16.6 Å². The molecule has 84 valence electrons. The zero-order valence-corrected chi connectivity index (χ0v) is 9.08. The van der Waals surface area contributed by atoms with Gasteiger partial charge in [0.05, 0.1) is 0 Å². The predicted octanol–water partition coefficient (Wildman–Crippen LogP) is 0.245. The van der Waals surface area contributed by atoms with Crippen LogP contribution in [0.4, 0.5) is 5.82 Å². The number of anilines is 1. The number of nitrogens with zero attached hydrogens (tertiary/aromatic N) is 1. The van der Waals surface area contributed by atoms with Gasteiger partial charge in [-0.1, -0.05) is 11.8 Å². The Hall–Kier alpha value is -2.06. The van der Waals surface area contributed by atoms with Crippen LogP contribution in [0, 0.1) is 11.8 Å². The summed E-state index contributed by atoms with van der Waals surface area (Å²) in [4.78, 5) is 14.6. The zero-order valence-electron chi connectivity index (χ0n) is 9.08. The van der Waals surface area contributed by atoms with Crippen LogP contribution in [0.3, 0.4) is 0 Å². The lowest BCUT2D eigenvalue weighted by atomic mass is 10.2. The van der Waals surface area contributed by atoms with Crippen molar-refractivity contribution in [3.05, 3.63) is 23.9 Å². The van der Waals surface area contributed by atoms with E-state index >= 15 is 0 Å². The number of hydrazine groups is 1. The van der Waals surface area contributed by atoms with Crippen LogP contribution in [0.15, 0.2) is 18.3 Å². The highest BCUT2D eigenvalue weighted by Gasteiger charge is 1.90. The van der Waals surface area contributed by atoms with E-state index in [1.54, 1.807) is 12.3 Å². The predicted molar refractivity (Wildman–Crippen MR) is 62.2 cm³/mol. The Bertz CT molecular complexity index is 402. The number of hydrogen-bond donors (Lipinski definition) is 3. The van der Waals surface area contributed by atoms with Crippen LogP contribution in [0.2, 0.25) is 0 Å². The number of nitrogens with two attached hydrogens (primary N) is 1. The van der Waals surface area contributed by atoms with E-state index in [1.807, 2.05) is 6.07 Å². The maximum Gasteiger partial charge on any atom is 0.216 e. The quantitative estimate of drug-likeness (QED) is 0.294. The molecule has 0 saturated carbocycles. The van der Waals surface area contributed by atoms with Gasteiger partial charge >= 0.3 is 0 Å². The molecule has 1 aromatic heterocycles. The Kier molecular flexibility index (Phi) is 4.83. The molecular weight excluding hydrogens is 204 g/mol. The highest BCUT2D eigenvalue weighted by atomic mass is 16.1. The summed E-state index contributed by atoms with van der Waals surface area (Å²) in [6.45, 7) is 2.05. The van der Waals surface area contributed by atoms with Crippen LogP contribution in [0.1, 0.15) is 18.9 Å². The van der Waals surface area contributed by atoms with Crippen LogP contribution in [0.25, 0.3) is 0 Å². The number of aromatic nitrogens is 1. The van der Waals surface area contributed by atoms with Crippen LogP contribution in [-0.4, -0.2) is 17.4 Å². The minimum absolute atomic E-state index is 0.0400. The number of pyridine rings is 1. The maximum atomic E-state index is 10.6. The van der Waals surface area contributed by atoms with Gasteiger partial charge in [0.1, 0.15) is 5.82 Å². The monoisotopic (exact) mass is 218 g/mol. The van der Waals surface area contributed by atoms with Crippen molar-refractivity contribution in [3.8, 4) is 11.8 Å². The number of hydrogen-bond acceptors (Lipinski definition) is 4. The number of nitrogen functional groups attached to an aromatic ring is 1. The highest BCUT2D eigenvalue weighted by molar-refractivity contribution is 5.72. The maximum absolute atomic E-state index is 10.6. The molecule has 5 nitrogen and oxygen atoms in total. The van der Waals surface area contributed by atoms with Gasteiger partial charge in [-0.2, -0.15) is 0 Å². The number of carbonyl (C=O) groups excluding carboxylic acids is 1. The molecule has 0 aromatic carbocycles. The topological polar surface area (TPSA) is 80.0 Å². The molecular formula is C11H14N4O. The smallest absolute Gasteiger partial charge is 0.216 e. The molecule has 0 fully saturated rings. The van der Waals surface area contributed by atoms with E-state index in [1.165, 1.54) is 6.92 Å². The molecule has 0 aliphatic rings. The fourth-order valence-electron chi connectivity index (χ4n) is 1.02. The van der Waals surface area contributed by atoms with Crippen molar-refractivity contribution in [2.75, 3.05) is 12.0 Å². The second-order valence-electron chi connectivity index (χ2n) is 3.11. The molecule has 16 heavy (non-hydrogen) atoms. The second kappa shape index (κ2) is 6.43. The molecule has 1 rings (SSSR count). The Morgan fingerprint density at radius 2 is 2.38 bits per heavy atom. The van der Waals surface area contributed by atoms with E-state index in [9.17, 15) is 4.79 Å². The average molecular weight is 218 g/mol. The molecule has 0 aliphatic carbocycles. The molecule has 1 heterocycles. The summed E-state index contributed by atoms with van der Waals surface area (Å²) in [5, 5.41) is 2.67. The molecule has 0 unspecified atom stereocenters. The molecule has 4 N–H and O–H groups in total. The first-order valence-corrected chi connectivity index (χ1v) is 4.88. The summed E-state index contributed by atoms with van der Waals surface area (Å²) < 4.78 is 0. The lowest BCUT2D eigenvalue weighted by Crippen LogP contribution is -2.20. The third kappa shape index (κ3) is 4.44. The van der Waals surface area contributed by atoms with E-state index in [2.05, 4.69) is 27.6 Å². The SMILES string of the molecule is CC(=O)NCCC#Cc1ccc(NN)nc1. The molecule has 1 amide bonds. The molecule has 0 radical (unpaired) electrons. The van der Waals surface area contributed by atoms with Gasteiger partial charge in [0.15, 0.2) is 0 Å². The van der Waals surface area contributed by atoms with Crippen LogP contribution in [0.5, 0.6) is 0 Å². The first kappa shape index (κ1) is 12.0. The number of rotatable bonds is 3. The van der Waals surface area contributed by atoms with Gasteiger partial charge in [-0.25, -0.2) is 10.8 Å².